The molecule has 5 rings (SSSR count). The highest BCUT2D eigenvalue weighted by Crippen LogP contribution is 2.28. The molecule has 3 aromatic rings. The van der Waals surface area contributed by atoms with Gasteiger partial charge in [-0.05, 0) is 36.4 Å². The van der Waals surface area contributed by atoms with Gasteiger partial charge < -0.3 is 4.42 Å². The van der Waals surface area contributed by atoms with Crippen LogP contribution in [0, 0.1) is 0 Å². The Morgan fingerprint density at radius 3 is 1.33 bits per heavy atom. The highest BCUT2D eigenvalue weighted by molar-refractivity contribution is 5.95. The van der Waals surface area contributed by atoms with Crippen LogP contribution in [0.5, 0.6) is 0 Å². The van der Waals surface area contributed by atoms with Gasteiger partial charge in [-0.1, -0.05) is 24.3 Å². The van der Waals surface area contributed by atoms with Crippen molar-refractivity contribution in [1.82, 2.24) is 10.6 Å². The molecule has 1 aromatic heterocycles. The zero-order valence-electron chi connectivity index (χ0n) is 15.0. The Morgan fingerprint density at radius 1 is 0.556 bits per heavy atom. The summed E-state index contributed by atoms with van der Waals surface area (Å²) in [4.78, 5) is 6.71. The lowest BCUT2D eigenvalue weighted by molar-refractivity contribution is -0.444. The van der Waals surface area contributed by atoms with Gasteiger partial charge in [0.2, 0.25) is 0 Å². The molecule has 0 saturated heterocycles. The Balaban J connectivity index is 1.36. The monoisotopic (exact) mass is 358 g/mol. The summed E-state index contributed by atoms with van der Waals surface area (Å²) in [5.41, 5.74) is 4.50. The quantitative estimate of drug-likeness (QED) is 0.507. The summed E-state index contributed by atoms with van der Waals surface area (Å²) in [5, 5.41) is 6.71. The fraction of sp³-hybridized carbons (Fsp3) is 0.182. The van der Waals surface area contributed by atoms with Crippen molar-refractivity contribution in [3.05, 3.63) is 71.8 Å². The summed E-state index contributed by atoms with van der Waals surface area (Å²) in [6, 6.07) is 20.9. The van der Waals surface area contributed by atoms with E-state index in [1.54, 1.807) is 0 Å². The molecule has 0 aliphatic carbocycles. The molecule has 0 spiro atoms. The highest BCUT2D eigenvalue weighted by atomic mass is 16.3. The number of hydrogen-bond acceptors (Lipinski definition) is 3. The van der Waals surface area contributed by atoms with Crippen molar-refractivity contribution in [3.8, 4) is 22.6 Å². The van der Waals surface area contributed by atoms with Crippen molar-refractivity contribution in [2.24, 2.45) is 0 Å². The molecule has 2 aliphatic heterocycles. The number of benzene rings is 2. The molecule has 0 unspecified atom stereocenters. The molecule has 3 heterocycles. The van der Waals surface area contributed by atoms with Gasteiger partial charge in [-0.15, -0.1) is 0 Å². The molecule has 2 aromatic carbocycles. The van der Waals surface area contributed by atoms with Gasteiger partial charge in [0.15, 0.2) is 0 Å². The first-order valence-electron chi connectivity index (χ1n) is 9.38. The van der Waals surface area contributed by atoms with Gasteiger partial charge in [-0.3, -0.25) is 20.6 Å². The van der Waals surface area contributed by atoms with Gasteiger partial charge in [0.1, 0.15) is 37.7 Å². The topological polar surface area (TPSA) is 65.1 Å². The predicted octanol–water partition coefficient (Wildman–Crippen LogP) is -0.526. The van der Waals surface area contributed by atoms with Gasteiger partial charge in [0, 0.05) is 11.1 Å². The van der Waals surface area contributed by atoms with E-state index in [2.05, 4.69) is 69.1 Å². The summed E-state index contributed by atoms with van der Waals surface area (Å²) < 4.78 is 6.11. The Labute approximate surface area is 157 Å². The van der Waals surface area contributed by atoms with Crippen LogP contribution in [0.2, 0.25) is 0 Å². The molecule has 5 nitrogen and oxygen atoms in total. The molecule has 0 atom stereocenters. The number of hydrogen-bond donors (Lipinski definition) is 4. The molecule has 134 valence electrons. The summed E-state index contributed by atoms with van der Waals surface area (Å²) >= 11 is 0. The van der Waals surface area contributed by atoms with Gasteiger partial charge in [0.25, 0.3) is 11.7 Å². The highest BCUT2D eigenvalue weighted by Gasteiger charge is 2.16. The van der Waals surface area contributed by atoms with E-state index < -0.39 is 0 Å². The van der Waals surface area contributed by atoms with Crippen LogP contribution < -0.4 is 20.6 Å². The maximum absolute atomic E-state index is 6.11. The van der Waals surface area contributed by atoms with E-state index in [0.29, 0.717) is 0 Å². The standard InChI is InChI=1S/C22H20N4O/c1-5-17(21-23-11-12-24-21)6-2-15(1)19-9-10-20(27-19)16-3-7-18(8-4-16)22-25-13-14-26-22/h1-10H,11-14H2,(H,23,24)(H,25,26)/p+2. The van der Waals surface area contributed by atoms with Crippen LogP contribution in [-0.4, -0.2) is 37.9 Å². The van der Waals surface area contributed by atoms with Crippen molar-refractivity contribution in [2.45, 2.75) is 0 Å². The largest absolute Gasteiger partial charge is 0.456 e. The third kappa shape index (κ3) is 3.12. The average molecular weight is 358 g/mol. The van der Waals surface area contributed by atoms with Gasteiger partial charge >= 0.3 is 0 Å². The van der Waals surface area contributed by atoms with Crippen molar-refractivity contribution in [1.29, 1.82) is 0 Å². The molecule has 27 heavy (non-hydrogen) atoms. The van der Waals surface area contributed by atoms with Crippen LogP contribution in [0.1, 0.15) is 11.1 Å². The van der Waals surface area contributed by atoms with E-state index in [-0.39, 0.29) is 0 Å². The second-order valence-corrected chi connectivity index (χ2v) is 6.78. The first kappa shape index (κ1) is 15.9. The Kier molecular flexibility index (Phi) is 3.98. The van der Waals surface area contributed by atoms with Gasteiger partial charge in [-0.2, -0.15) is 0 Å². The molecule has 0 amide bonds. The number of rotatable bonds is 4. The first-order valence-corrected chi connectivity index (χ1v) is 9.38. The van der Waals surface area contributed by atoms with Crippen molar-refractivity contribution < 1.29 is 14.4 Å². The smallest absolute Gasteiger partial charge is 0.275 e. The molecule has 2 aliphatic rings. The zero-order valence-corrected chi connectivity index (χ0v) is 15.0. The normalized spacial score (nSPS) is 15.9. The second kappa shape index (κ2) is 6.76. The van der Waals surface area contributed by atoms with Crippen LogP contribution in [-0.2, 0) is 0 Å². The first-order chi connectivity index (χ1) is 13.4. The average Bonchev–Trinajstić information content (AvgIpc) is 3.51. The van der Waals surface area contributed by atoms with E-state index in [4.69, 9.17) is 4.42 Å². The molecule has 0 radical (unpaired) electrons. The van der Waals surface area contributed by atoms with E-state index in [1.165, 1.54) is 11.1 Å². The van der Waals surface area contributed by atoms with Crippen LogP contribution >= 0.6 is 0 Å². The van der Waals surface area contributed by atoms with E-state index in [1.807, 2.05) is 12.1 Å². The maximum Gasteiger partial charge on any atom is 0.275 e. The fourth-order valence-electron chi connectivity index (χ4n) is 3.53. The minimum Gasteiger partial charge on any atom is -0.456 e. The van der Waals surface area contributed by atoms with E-state index in [9.17, 15) is 0 Å². The summed E-state index contributed by atoms with van der Waals surface area (Å²) in [5.74, 6) is 3.97. The predicted molar refractivity (Wildman–Crippen MR) is 105 cm³/mol. The minimum atomic E-state index is 0.881. The molecule has 5 heteroatoms. The molecular formula is C22H22N4O+2. The third-order valence-corrected chi connectivity index (χ3v) is 4.98. The van der Waals surface area contributed by atoms with Crippen molar-refractivity contribution in [3.63, 3.8) is 0 Å². The van der Waals surface area contributed by atoms with Gasteiger partial charge in [-0.25, -0.2) is 0 Å². The lowest BCUT2D eigenvalue weighted by Crippen LogP contribution is -2.70. The van der Waals surface area contributed by atoms with Crippen LogP contribution in [0.3, 0.4) is 0 Å². The summed E-state index contributed by atoms with van der Waals surface area (Å²) in [6.45, 7) is 3.90. The number of furan rings is 1. The van der Waals surface area contributed by atoms with Crippen LogP contribution in [0.4, 0.5) is 0 Å². The Hall–Kier alpha value is -3.34. The fourth-order valence-corrected chi connectivity index (χ4v) is 3.53. The Morgan fingerprint density at radius 2 is 0.963 bits per heavy atom. The summed E-state index contributed by atoms with van der Waals surface area (Å²) in [6.07, 6.45) is 0. The van der Waals surface area contributed by atoms with Crippen LogP contribution in [0.15, 0.2) is 65.1 Å². The lowest BCUT2D eigenvalue weighted by atomic mass is 10.1. The van der Waals surface area contributed by atoms with Gasteiger partial charge in [0.05, 0.1) is 11.1 Å². The summed E-state index contributed by atoms with van der Waals surface area (Å²) in [7, 11) is 0. The molecule has 4 N–H and O–H groups in total. The number of amidine groups is 2. The Bertz CT molecular complexity index is 931. The van der Waals surface area contributed by atoms with Crippen molar-refractivity contribution in [2.75, 3.05) is 26.2 Å². The number of nitrogens with one attached hydrogen (secondary N) is 4. The SMILES string of the molecule is c1cc(-c2ccc(-c3ccc(C4=[NH+]CCN4)cc3)o2)ccc1C1=[NH+]CCN1. The molecule has 0 bridgehead atoms. The molecule has 0 fully saturated rings. The molecular weight excluding hydrogens is 336 g/mol. The third-order valence-electron chi connectivity index (χ3n) is 4.98. The van der Waals surface area contributed by atoms with Crippen molar-refractivity contribution >= 4 is 11.7 Å². The minimum absolute atomic E-state index is 0.881. The zero-order chi connectivity index (χ0) is 18.1. The van der Waals surface area contributed by atoms with Crippen LogP contribution in [0.25, 0.3) is 22.6 Å². The van der Waals surface area contributed by atoms with E-state index in [0.717, 1.165) is 60.5 Å². The maximum atomic E-state index is 6.11. The lowest BCUT2D eigenvalue weighted by Gasteiger charge is -2.01. The van der Waals surface area contributed by atoms with E-state index >= 15 is 0 Å². The second-order valence-electron chi connectivity index (χ2n) is 6.78. The molecule has 0 saturated carbocycles.